The lowest BCUT2D eigenvalue weighted by Crippen LogP contribution is -2.70. The maximum absolute atomic E-state index is 14.0. The smallest absolute Gasteiger partial charge is 0.271 e. The van der Waals surface area contributed by atoms with Crippen LogP contribution in [-0.2, 0) is 22.4 Å². The Balaban J connectivity index is 1.64. The quantitative estimate of drug-likeness (QED) is 0.161. The van der Waals surface area contributed by atoms with Crippen LogP contribution in [0.5, 0.6) is 0 Å². The molecule has 0 spiro atoms. The van der Waals surface area contributed by atoms with Gasteiger partial charge in [0.1, 0.15) is 5.69 Å². The minimum atomic E-state index is -1.91. The normalized spacial score (nSPS) is 14.0. The molecule has 3 amide bonds. The minimum absolute atomic E-state index is 0.0755. The number of fused-ring (bicyclic) bond motifs is 1. The van der Waals surface area contributed by atoms with Crippen molar-refractivity contribution in [2.24, 2.45) is 5.73 Å². The lowest BCUT2D eigenvalue weighted by molar-refractivity contribution is -0.134. The molecule has 0 radical (unpaired) electrons. The second-order valence-corrected chi connectivity index (χ2v) is 10.1. The van der Waals surface area contributed by atoms with E-state index in [1.54, 1.807) is 25.1 Å². The number of hydrogen-bond acceptors (Lipinski definition) is 6. The number of benzene rings is 3. The number of pyridine rings is 1. The van der Waals surface area contributed by atoms with E-state index in [2.05, 4.69) is 20.9 Å². The van der Waals surface area contributed by atoms with Gasteiger partial charge in [-0.15, -0.1) is 0 Å². The summed E-state index contributed by atoms with van der Waals surface area (Å²) in [6, 6.07) is 29.0. The number of hydrogen-bond donors (Lipinski definition) is 5. The Labute approximate surface area is 239 Å². The van der Waals surface area contributed by atoms with E-state index in [0.29, 0.717) is 18.4 Å². The van der Waals surface area contributed by atoms with Crippen molar-refractivity contribution in [1.29, 1.82) is 0 Å². The summed E-state index contributed by atoms with van der Waals surface area (Å²) >= 11 is 0. The van der Waals surface area contributed by atoms with Crippen LogP contribution >= 0.6 is 0 Å². The van der Waals surface area contributed by atoms with Gasteiger partial charge < -0.3 is 21.5 Å². The molecule has 41 heavy (non-hydrogen) atoms. The predicted molar refractivity (Wildman–Crippen MR) is 158 cm³/mol. The molecule has 6 N–H and O–H groups in total. The van der Waals surface area contributed by atoms with Crippen LogP contribution in [0.2, 0.25) is 0 Å². The number of aliphatic hydroxyl groups excluding tert-OH is 1. The summed E-state index contributed by atoms with van der Waals surface area (Å²) in [5, 5.41) is 20.1. The summed E-state index contributed by atoms with van der Waals surface area (Å²) in [5.74, 6) is -2.15. The molecule has 3 unspecified atom stereocenters. The zero-order chi connectivity index (χ0) is 29.2. The molecule has 4 rings (SSSR count). The monoisotopic (exact) mass is 553 g/mol. The number of carbonyl (C=O) groups excluding carboxylic acids is 3. The first-order chi connectivity index (χ1) is 19.8. The summed E-state index contributed by atoms with van der Waals surface area (Å²) < 4.78 is 0. The van der Waals surface area contributed by atoms with Crippen LogP contribution in [0, 0.1) is 0 Å². The predicted octanol–water partition coefficient (Wildman–Crippen LogP) is 2.48. The largest absolute Gasteiger partial charge is 0.391 e. The molecule has 0 saturated heterocycles. The van der Waals surface area contributed by atoms with Crippen molar-refractivity contribution in [3.05, 3.63) is 114 Å². The van der Waals surface area contributed by atoms with Gasteiger partial charge in [-0.05, 0) is 43.0 Å². The number of aliphatic hydroxyl groups is 1. The van der Waals surface area contributed by atoms with E-state index in [4.69, 9.17) is 5.73 Å². The van der Waals surface area contributed by atoms with Gasteiger partial charge in [-0.3, -0.25) is 19.7 Å². The van der Waals surface area contributed by atoms with Gasteiger partial charge in [0, 0.05) is 11.9 Å². The number of carbonyl (C=O) groups is 3. The van der Waals surface area contributed by atoms with Crippen LogP contribution in [-0.4, -0.2) is 52.2 Å². The number of nitrogens with one attached hydrogen (secondary N) is 3. The molecule has 0 saturated carbocycles. The third-order valence-corrected chi connectivity index (χ3v) is 6.87. The Morgan fingerprint density at radius 2 is 1.51 bits per heavy atom. The summed E-state index contributed by atoms with van der Waals surface area (Å²) in [6.45, 7) is 1.82. The molecule has 3 aromatic carbocycles. The Kier molecular flexibility index (Phi) is 9.78. The second kappa shape index (κ2) is 13.6. The van der Waals surface area contributed by atoms with Crippen molar-refractivity contribution in [2.45, 2.75) is 44.0 Å². The summed E-state index contributed by atoms with van der Waals surface area (Å²) in [5.41, 5.74) is 6.31. The molecule has 1 aromatic heterocycles. The van der Waals surface area contributed by atoms with Gasteiger partial charge in [-0.1, -0.05) is 84.9 Å². The van der Waals surface area contributed by atoms with Gasteiger partial charge in [-0.25, -0.2) is 4.98 Å². The van der Waals surface area contributed by atoms with Crippen molar-refractivity contribution in [3.8, 4) is 0 Å². The van der Waals surface area contributed by atoms with Gasteiger partial charge in [0.25, 0.3) is 11.8 Å². The molecule has 9 heteroatoms. The highest BCUT2D eigenvalue weighted by molar-refractivity contribution is 6.01. The van der Waals surface area contributed by atoms with E-state index in [1.807, 2.05) is 78.9 Å². The molecule has 9 nitrogen and oxygen atoms in total. The first-order valence-corrected chi connectivity index (χ1v) is 13.5. The fourth-order valence-corrected chi connectivity index (χ4v) is 4.65. The van der Waals surface area contributed by atoms with E-state index in [9.17, 15) is 19.5 Å². The number of primary amides is 1. The number of para-hydroxylation sites is 1. The fourth-order valence-electron chi connectivity index (χ4n) is 4.65. The van der Waals surface area contributed by atoms with Gasteiger partial charge in [0.2, 0.25) is 5.91 Å². The molecule has 0 aliphatic carbocycles. The SMILES string of the molecule is CC(O)C(Cc1ccccc1)NC(=O)C(CC(N)=O)(NCCc1ccccc1)NC(=O)c1ccc2ccccc2n1. The van der Waals surface area contributed by atoms with Crippen molar-refractivity contribution >= 4 is 28.6 Å². The third-order valence-electron chi connectivity index (χ3n) is 6.87. The number of nitrogens with zero attached hydrogens (tertiary/aromatic N) is 1. The van der Waals surface area contributed by atoms with Crippen molar-refractivity contribution < 1.29 is 19.5 Å². The van der Waals surface area contributed by atoms with Gasteiger partial charge in [0.15, 0.2) is 5.66 Å². The van der Waals surface area contributed by atoms with Gasteiger partial charge in [0.05, 0.1) is 24.1 Å². The molecular weight excluding hydrogens is 518 g/mol. The van der Waals surface area contributed by atoms with Crippen LogP contribution in [0.25, 0.3) is 10.9 Å². The van der Waals surface area contributed by atoms with Crippen LogP contribution in [0.15, 0.2) is 97.1 Å². The molecule has 0 aliphatic heterocycles. The Morgan fingerprint density at radius 3 is 2.17 bits per heavy atom. The van der Waals surface area contributed by atoms with Crippen LogP contribution in [0.3, 0.4) is 0 Å². The number of rotatable bonds is 13. The first kappa shape index (κ1) is 29.4. The molecule has 1 heterocycles. The van der Waals surface area contributed by atoms with Gasteiger partial charge >= 0.3 is 0 Å². The minimum Gasteiger partial charge on any atom is -0.391 e. The average Bonchev–Trinajstić information content (AvgIpc) is 2.97. The summed E-state index contributed by atoms with van der Waals surface area (Å²) in [7, 11) is 0. The van der Waals surface area contributed by atoms with Crippen molar-refractivity contribution in [1.82, 2.24) is 20.9 Å². The van der Waals surface area contributed by atoms with E-state index in [0.717, 1.165) is 16.5 Å². The maximum atomic E-state index is 14.0. The molecule has 0 fully saturated rings. The number of nitrogens with two attached hydrogens (primary N) is 1. The number of amides is 3. The molecular formula is C32H35N5O4. The van der Waals surface area contributed by atoms with E-state index < -0.39 is 42.0 Å². The number of aromatic nitrogens is 1. The third kappa shape index (κ3) is 7.97. The Morgan fingerprint density at radius 1 is 0.878 bits per heavy atom. The van der Waals surface area contributed by atoms with E-state index in [1.165, 1.54) is 0 Å². The van der Waals surface area contributed by atoms with Crippen LogP contribution in [0.4, 0.5) is 0 Å². The average molecular weight is 554 g/mol. The Bertz CT molecular complexity index is 1480. The standard InChI is InChI=1S/C32H35N5O4/c1-22(38)28(20-24-12-6-3-7-13-24)36-31(41)32(21-29(33)39,34-19-18-23-10-4-2-5-11-23)37-30(40)27-17-16-25-14-8-9-15-26(25)35-27/h2-17,22,28,34,38H,18-21H2,1H3,(H2,33,39)(H,36,41)(H,37,40). The highest BCUT2D eigenvalue weighted by atomic mass is 16.3. The molecule has 212 valence electrons. The van der Waals surface area contributed by atoms with E-state index >= 15 is 0 Å². The topological polar surface area (TPSA) is 146 Å². The zero-order valence-electron chi connectivity index (χ0n) is 22.9. The molecule has 3 atom stereocenters. The van der Waals surface area contributed by atoms with Crippen molar-refractivity contribution in [2.75, 3.05) is 6.54 Å². The van der Waals surface area contributed by atoms with Crippen LogP contribution < -0.4 is 21.7 Å². The first-order valence-electron chi connectivity index (χ1n) is 13.5. The fraction of sp³-hybridized carbons (Fsp3) is 0.250. The van der Waals surface area contributed by atoms with Crippen LogP contribution in [0.1, 0.15) is 35.0 Å². The summed E-state index contributed by atoms with van der Waals surface area (Å²) in [6.07, 6.45) is -0.596. The molecule has 0 bridgehead atoms. The second-order valence-electron chi connectivity index (χ2n) is 10.1. The lowest BCUT2D eigenvalue weighted by Gasteiger charge is -2.35. The van der Waals surface area contributed by atoms with Crippen molar-refractivity contribution in [3.63, 3.8) is 0 Å². The lowest BCUT2D eigenvalue weighted by atomic mass is 9.98. The highest BCUT2D eigenvalue weighted by Crippen LogP contribution is 2.16. The molecule has 0 aliphatic rings. The zero-order valence-corrected chi connectivity index (χ0v) is 22.9. The molecule has 4 aromatic rings. The highest BCUT2D eigenvalue weighted by Gasteiger charge is 2.43. The van der Waals surface area contributed by atoms with E-state index in [-0.39, 0.29) is 12.2 Å². The van der Waals surface area contributed by atoms with Gasteiger partial charge in [-0.2, -0.15) is 0 Å². The summed E-state index contributed by atoms with van der Waals surface area (Å²) in [4.78, 5) is 44.3. The Hall–Kier alpha value is -4.60. The maximum Gasteiger partial charge on any atom is 0.271 e.